The topological polar surface area (TPSA) is 67.2 Å². The van der Waals surface area contributed by atoms with E-state index in [0.717, 1.165) is 30.6 Å². The molecule has 0 saturated carbocycles. The van der Waals surface area contributed by atoms with Gasteiger partial charge < -0.3 is 0 Å². The number of benzene rings is 2. The van der Waals surface area contributed by atoms with Crippen molar-refractivity contribution in [3.63, 3.8) is 0 Å². The number of hydrogen-bond acceptors (Lipinski definition) is 7. The standard InChI is InChI=1S/C18H14Cl2N4OS3/c19-14-6-4-12(5-7-14)10-26-17-23-24-18(28-17)27-11-16(25)22-21-9-13-2-1-3-15(20)8-13/h1-9H,10-11H2,(H,22,25)/b21-9+. The van der Waals surface area contributed by atoms with Gasteiger partial charge in [-0.1, -0.05) is 82.3 Å². The van der Waals surface area contributed by atoms with Crippen molar-refractivity contribution in [1.29, 1.82) is 0 Å². The van der Waals surface area contributed by atoms with Crippen molar-refractivity contribution < 1.29 is 4.79 Å². The molecule has 2 aromatic carbocycles. The van der Waals surface area contributed by atoms with Crippen LogP contribution in [0.5, 0.6) is 0 Å². The fraction of sp³-hybridized carbons (Fsp3) is 0.111. The lowest BCUT2D eigenvalue weighted by molar-refractivity contribution is -0.118. The van der Waals surface area contributed by atoms with E-state index in [2.05, 4.69) is 20.7 Å². The van der Waals surface area contributed by atoms with Crippen molar-refractivity contribution >= 4 is 70.2 Å². The van der Waals surface area contributed by atoms with Crippen LogP contribution in [0.25, 0.3) is 0 Å². The van der Waals surface area contributed by atoms with Gasteiger partial charge in [0.15, 0.2) is 8.68 Å². The van der Waals surface area contributed by atoms with Crippen LogP contribution >= 0.6 is 58.1 Å². The molecule has 0 spiro atoms. The Labute approximate surface area is 184 Å². The van der Waals surface area contributed by atoms with Crippen LogP contribution in [0.1, 0.15) is 11.1 Å². The van der Waals surface area contributed by atoms with Crippen LogP contribution in [0.2, 0.25) is 10.0 Å². The lowest BCUT2D eigenvalue weighted by Gasteiger charge is -1.98. The Hall–Kier alpha value is -1.58. The van der Waals surface area contributed by atoms with Crippen molar-refractivity contribution in [2.24, 2.45) is 5.10 Å². The van der Waals surface area contributed by atoms with Crippen LogP contribution in [0.4, 0.5) is 0 Å². The second kappa shape index (κ2) is 10.8. The lowest BCUT2D eigenvalue weighted by Crippen LogP contribution is -2.19. The minimum absolute atomic E-state index is 0.212. The van der Waals surface area contributed by atoms with E-state index in [-0.39, 0.29) is 11.7 Å². The molecule has 0 unspecified atom stereocenters. The summed E-state index contributed by atoms with van der Waals surface area (Å²) < 4.78 is 1.60. The molecule has 1 heterocycles. The normalized spacial score (nSPS) is 11.1. The summed E-state index contributed by atoms with van der Waals surface area (Å²) in [5, 5.41) is 13.5. The predicted molar refractivity (Wildman–Crippen MR) is 119 cm³/mol. The third kappa shape index (κ3) is 7.10. The highest BCUT2D eigenvalue weighted by atomic mass is 35.5. The minimum Gasteiger partial charge on any atom is -0.272 e. The Kier molecular flexibility index (Phi) is 8.17. The molecule has 28 heavy (non-hydrogen) atoms. The number of halogens is 2. The molecule has 3 rings (SSSR count). The first-order valence-electron chi connectivity index (χ1n) is 7.99. The van der Waals surface area contributed by atoms with Gasteiger partial charge in [-0.15, -0.1) is 10.2 Å². The van der Waals surface area contributed by atoms with Gasteiger partial charge in [-0.05, 0) is 35.4 Å². The van der Waals surface area contributed by atoms with E-state index in [9.17, 15) is 4.79 Å². The number of thioether (sulfide) groups is 2. The molecule has 1 amide bonds. The Morgan fingerprint density at radius 1 is 1.07 bits per heavy atom. The van der Waals surface area contributed by atoms with Crippen molar-refractivity contribution in [3.05, 3.63) is 69.7 Å². The van der Waals surface area contributed by atoms with E-state index in [1.807, 2.05) is 36.4 Å². The Morgan fingerprint density at radius 2 is 1.82 bits per heavy atom. The van der Waals surface area contributed by atoms with E-state index in [0.29, 0.717) is 5.02 Å². The summed E-state index contributed by atoms with van der Waals surface area (Å²) in [4.78, 5) is 11.9. The van der Waals surface area contributed by atoms with Gasteiger partial charge in [0.2, 0.25) is 0 Å². The quantitative estimate of drug-likeness (QED) is 0.273. The molecule has 5 nitrogen and oxygen atoms in total. The maximum atomic E-state index is 11.9. The summed E-state index contributed by atoms with van der Waals surface area (Å²) in [6.45, 7) is 0. The monoisotopic (exact) mass is 468 g/mol. The van der Waals surface area contributed by atoms with Crippen molar-refractivity contribution in [2.45, 2.75) is 14.4 Å². The summed E-state index contributed by atoms with van der Waals surface area (Å²) >= 11 is 16.2. The molecule has 144 valence electrons. The maximum absolute atomic E-state index is 11.9. The Morgan fingerprint density at radius 3 is 2.57 bits per heavy atom. The van der Waals surface area contributed by atoms with Crippen LogP contribution in [0.15, 0.2) is 62.3 Å². The van der Waals surface area contributed by atoms with E-state index in [4.69, 9.17) is 23.2 Å². The molecule has 10 heteroatoms. The number of nitrogens with one attached hydrogen (secondary N) is 1. The first kappa shape index (κ1) is 21.1. The number of amides is 1. The van der Waals surface area contributed by atoms with Crippen molar-refractivity contribution in [3.8, 4) is 0 Å². The van der Waals surface area contributed by atoms with E-state index >= 15 is 0 Å². The number of nitrogens with zero attached hydrogens (tertiary/aromatic N) is 3. The number of hydrogen-bond donors (Lipinski definition) is 1. The number of hydrazone groups is 1. The zero-order chi connectivity index (χ0) is 19.8. The number of rotatable bonds is 8. The van der Waals surface area contributed by atoms with Gasteiger partial charge in [0.05, 0.1) is 12.0 Å². The molecule has 0 aliphatic rings. The van der Waals surface area contributed by atoms with Gasteiger partial charge in [-0.2, -0.15) is 5.10 Å². The van der Waals surface area contributed by atoms with Gasteiger partial charge in [0.1, 0.15) is 0 Å². The van der Waals surface area contributed by atoms with Gasteiger partial charge in [0.25, 0.3) is 5.91 Å². The van der Waals surface area contributed by atoms with E-state index < -0.39 is 0 Å². The second-order valence-corrected chi connectivity index (χ2v) is 9.68. The van der Waals surface area contributed by atoms with Crippen LogP contribution < -0.4 is 5.43 Å². The van der Waals surface area contributed by atoms with E-state index in [1.165, 1.54) is 23.1 Å². The molecular formula is C18H14Cl2N4OS3. The summed E-state index contributed by atoms with van der Waals surface area (Å²) in [7, 11) is 0. The van der Waals surface area contributed by atoms with E-state index in [1.54, 1.807) is 30.1 Å². The second-order valence-electron chi connectivity index (χ2n) is 5.39. The van der Waals surface area contributed by atoms with Crippen molar-refractivity contribution in [2.75, 3.05) is 5.75 Å². The first-order chi connectivity index (χ1) is 13.6. The zero-order valence-electron chi connectivity index (χ0n) is 14.3. The maximum Gasteiger partial charge on any atom is 0.250 e. The molecule has 0 saturated heterocycles. The fourth-order valence-electron chi connectivity index (χ4n) is 1.96. The van der Waals surface area contributed by atoms with Crippen molar-refractivity contribution in [1.82, 2.24) is 15.6 Å². The SMILES string of the molecule is O=C(CSc1nnc(SCc2ccc(Cl)cc2)s1)N/N=C/c1cccc(Cl)c1. The minimum atomic E-state index is -0.214. The van der Waals surface area contributed by atoms with Crippen LogP contribution in [-0.4, -0.2) is 28.1 Å². The molecular weight excluding hydrogens is 455 g/mol. The third-order valence-corrected chi connectivity index (χ3v) is 6.99. The molecule has 0 aliphatic heterocycles. The first-order valence-corrected chi connectivity index (χ1v) is 11.5. The summed E-state index contributed by atoms with van der Waals surface area (Å²) in [6, 6.07) is 14.9. The molecule has 3 aromatic rings. The molecule has 1 N–H and O–H groups in total. The molecule has 0 bridgehead atoms. The molecule has 0 fully saturated rings. The lowest BCUT2D eigenvalue weighted by atomic mass is 10.2. The summed E-state index contributed by atoms with van der Waals surface area (Å²) in [5.41, 5.74) is 4.46. The average molecular weight is 469 g/mol. The smallest absolute Gasteiger partial charge is 0.250 e. The Bertz CT molecular complexity index is 963. The molecule has 0 atom stereocenters. The summed E-state index contributed by atoms with van der Waals surface area (Å²) in [5.74, 6) is 0.785. The van der Waals surface area contributed by atoms with Crippen LogP contribution in [-0.2, 0) is 10.5 Å². The highest BCUT2D eigenvalue weighted by Crippen LogP contribution is 2.30. The van der Waals surface area contributed by atoms with Gasteiger partial charge >= 0.3 is 0 Å². The highest BCUT2D eigenvalue weighted by molar-refractivity contribution is 8.03. The van der Waals surface area contributed by atoms with Crippen LogP contribution in [0, 0.1) is 0 Å². The zero-order valence-corrected chi connectivity index (χ0v) is 18.3. The number of aromatic nitrogens is 2. The third-order valence-electron chi connectivity index (χ3n) is 3.24. The molecule has 0 aliphatic carbocycles. The highest BCUT2D eigenvalue weighted by Gasteiger charge is 2.08. The molecule has 1 aromatic heterocycles. The number of carbonyl (C=O) groups excluding carboxylic acids is 1. The fourth-order valence-corrected chi connectivity index (χ4v) is 5.06. The Balaban J connectivity index is 1.41. The summed E-state index contributed by atoms with van der Waals surface area (Å²) in [6.07, 6.45) is 1.55. The molecule has 0 radical (unpaired) electrons. The van der Waals surface area contributed by atoms with Crippen LogP contribution in [0.3, 0.4) is 0 Å². The van der Waals surface area contributed by atoms with Gasteiger partial charge in [-0.25, -0.2) is 5.43 Å². The average Bonchev–Trinajstić information content (AvgIpc) is 3.14. The predicted octanol–water partition coefficient (Wildman–Crippen LogP) is 5.38. The van der Waals surface area contributed by atoms with Gasteiger partial charge in [0, 0.05) is 15.8 Å². The van der Waals surface area contributed by atoms with Gasteiger partial charge in [-0.3, -0.25) is 4.79 Å². The largest absolute Gasteiger partial charge is 0.272 e. The number of carbonyl (C=O) groups is 1.